The molecule has 0 atom stereocenters. The molecule has 0 unspecified atom stereocenters. The summed E-state index contributed by atoms with van der Waals surface area (Å²) in [7, 11) is -3.60. The van der Waals surface area contributed by atoms with Gasteiger partial charge in [0.1, 0.15) is 0 Å². The van der Waals surface area contributed by atoms with Gasteiger partial charge in [-0.2, -0.15) is 4.31 Å². The van der Waals surface area contributed by atoms with Crippen molar-refractivity contribution in [2.75, 3.05) is 18.8 Å². The minimum absolute atomic E-state index is 0.0791. The van der Waals surface area contributed by atoms with Crippen molar-refractivity contribution in [3.63, 3.8) is 0 Å². The van der Waals surface area contributed by atoms with E-state index in [0.717, 1.165) is 18.5 Å². The predicted molar refractivity (Wildman–Crippen MR) is 146 cm³/mol. The van der Waals surface area contributed by atoms with Gasteiger partial charge in [0.05, 0.1) is 15.7 Å². The molecule has 1 fully saturated rings. The van der Waals surface area contributed by atoms with Crippen molar-refractivity contribution < 1.29 is 13.2 Å². The van der Waals surface area contributed by atoms with Gasteiger partial charge < -0.3 is 0 Å². The molecule has 1 aliphatic rings. The van der Waals surface area contributed by atoms with Gasteiger partial charge >= 0.3 is 0 Å². The highest BCUT2D eigenvalue weighted by atomic mass is 35.5. The lowest BCUT2D eigenvalue weighted by Gasteiger charge is -2.16. The number of para-hydroxylation sites is 1. The zero-order valence-electron chi connectivity index (χ0n) is 19.5. The number of hydrogen-bond acceptors (Lipinski definition) is 6. The molecular formula is C26H22Cl2N4O3S2. The Morgan fingerprint density at radius 1 is 0.919 bits per heavy atom. The number of carbonyl (C=O) groups is 1. The molecule has 5 rings (SSSR count). The van der Waals surface area contributed by atoms with Crippen LogP contribution in [0.4, 0.5) is 0 Å². The highest BCUT2D eigenvalue weighted by molar-refractivity contribution is 7.99. The Hall–Kier alpha value is -2.69. The predicted octanol–water partition coefficient (Wildman–Crippen LogP) is 6.00. The molecular weight excluding hydrogens is 551 g/mol. The van der Waals surface area contributed by atoms with Gasteiger partial charge in [-0.3, -0.25) is 9.36 Å². The first-order chi connectivity index (χ1) is 17.8. The maximum absolute atomic E-state index is 13.2. The van der Waals surface area contributed by atoms with Gasteiger partial charge in [0.2, 0.25) is 10.0 Å². The van der Waals surface area contributed by atoms with Crippen molar-refractivity contribution in [1.29, 1.82) is 0 Å². The van der Waals surface area contributed by atoms with E-state index in [-0.39, 0.29) is 16.4 Å². The molecule has 3 aromatic carbocycles. The SMILES string of the molecule is O=C(CSc1nnc(-c2cccc(S(=O)(=O)N3CCCC3)c2)n1-c1ccccc1)c1ccc(Cl)cc1Cl. The molecule has 37 heavy (non-hydrogen) atoms. The summed E-state index contributed by atoms with van der Waals surface area (Å²) in [5.41, 5.74) is 1.77. The van der Waals surface area contributed by atoms with Gasteiger partial charge in [0.15, 0.2) is 16.8 Å². The molecule has 190 valence electrons. The Labute approximate surface area is 229 Å². The summed E-state index contributed by atoms with van der Waals surface area (Å²) >= 11 is 13.4. The number of hydrogen-bond donors (Lipinski definition) is 0. The molecule has 2 heterocycles. The van der Waals surface area contributed by atoms with E-state index >= 15 is 0 Å². The first-order valence-corrected chi connectivity index (χ1v) is 14.8. The van der Waals surface area contributed by atoms with E-state index < -0.39 is 10.0 Å². The van der Waals surface area contributed by atoms with Crippen molar-refractivity contribution in [3.05, 3.63) is 88.4 Å². The highest BCUT2D eigenvalue weighted by Crippen LogP contribution is 2.31. The molecule has 0 amide bonds. The van der Waals surface area contributed by atoms with Gasteiger partial charge in [-0.25, -0.2) is 8.42 Å². The standard InChI is InChI=1S/C26H22Cl2N4O3S2/c27-19-11-12-22(23(28)16-19)24(33)17-36-26-30-29-25(32(26)20-8-2-1-3-9-20)18-7-6-10-21(15-18)37(34,35)31-13-4-5-14-31/h1-3,6-12,15-16H,4-5,13-14,17H2. The number of rotatable bonds is 8. The van der Waals surface area contributed by atoms with E-state index in [1.807, 2.05) is 34.9 Å². The molecule has 0 bridgehead atoms. The molecule has 11 heteroatoms. The average Bonchev–Trinajstić information content (AvgIpc) is 3.59. The number of carbonyl (C=O) groups excluding carboxylic acids is 1. The topological polar surface area (TPSA) is 85.2 Å². The summed E-state index contributed by atoms with van der Waals surface area (Å²) in [5.74, 6) is 0.383. The van der Waals surface area contributed by atoms with E-state index in [2.05, 4.69) is 10.2 Å². The molecule has 7 nitrogen and oxygen atoms in total. The van der Waals surface area contributed by atoms with Crippen LogP contribution < -0.4 is 0 Å². The van der Waals surface area contributed by atoms with E-state index in [9.17, 15) is 13.2 Å². The van der Waals surface area contributed by atoms with Crippen LogP contribution in [0, 0.1) is 0 Å². The molecule has 1 aromatic heterocycles. The zero-order chi connectivity index (χ0) is 26.0. The smallest absolute Gasteiger partial charge is 0.243 e. The molecule has 0 N–H and O–H groups in total. The highest BCUT2D eigenvalue weighted by Gasteiger charge is 2.28. The van der Waals surface area contributed by atoms with Gasteiger partial charge in [0.25, 0.3) is 0 Å². The number of nitrogens with zero attached hydrogens (tertiary/aromatic N) is 4. The second-order valence-electron chi connectivity index (χ2n) is 8.45. The maximum atomic E-state index is 13.2. The lowest BCUT2D eigenvalue weighted by atomic mass is 10.1. The summed E-state index contributed by atoms with van der Waals surface area (Å²) in [6.07, 6.45) is 1.73. The minimum Gasteiger partial charge on any atom is -0.293 e. The van der Waals surface area contributed by atoms with Crippen LogP contribution in [0.1, 0.15) is 23.2 Å². The number of thioether (sulfide) groups is 1. The molecule has 0 aliphatic carbocycles. The van der Waals surface area contributed by atoms with Crippen molar-refractivity contribution in [2.45, 2.75) is 22.9 Å². The number of sulfonamides is 1. The van der Waals surface area contributed by atoms with Crippen LogP contribution in [0.3, 0.4) is 0 Å². The van der Waals surface area contributed by atoms with Crippen molar-refractivity contribution in [3.8, 4) is 17.1 Å². The van der Waals surface area contributed by atoms with Crippen LogP contribution in [0.2, 0.25) is 10.0 Å². The van der Waals surface area contributed by atoms with Crippen LogP contribution in [-0.2, 0) is 10.0 Å². The van der Waals surface area contributed by atoms with Crippen LogP contribution in [0.15, 0.2) is 82.8 Å². The monoisotopic (exact) mass is 572 g/mol. The number of halogens is 2. The number of ketones is 1. The molecule has 1 saturated heterocycles. The van der Waals surface area contributed by atoms with Crippen LogP contribution in [0.5, 0.6) is 0 Å². The Kier molecular flexibility index (Phi) is 7.69. The van der Waals surface area contributed by atoms with Crippen LogP contribution in [0.25, 0.3) is 17.1 Å². The van der Waals surface area contributed by atoms with Gasteiger partial charge in [0, 0.05) is 34.9 Å². The Balaban J connectivity index is 1.49. The quantitative estimate of drug-likeness (QED) is 0.190. The van der Waals surface area contributed by atoms with Crippen molar-refractivity contribution in [2.24, 2.45) is 0 Å². The lowest BCUT2D eigenvalue weighted by molar-refractivity contribution is 0.102. The first-order valence-electron chi connectivity index (χ1n) is 11.6. The average molecular weight is 574 g/mol. The second kappa shape index (κ2) is 11.0. The summed E-state index contributed by atoms with van der Waals surface area (Å²) in [4.78, 5) is 13.1. The van der Waals surface area contributed by atoms with Crippen molar-refractivity contribution in [1.82, 2.24) is 19.1 Å². The number of Topliss-reactive ketones (excluding diaryl/α,β-unsaturated/α-hetero) is 1. The Morgan fingerprint density at radius 3 is 2.41 bits per heavy atom. The maximum Gasteiger partial charge on any atom is 0.243 e. The fourth-order valence-corrected chi connectivity index (χ4v) is 7.07. The van der Waals surface area contributed by atoms with Gasteiger partial charge in [-0.15, -0.1) is 10.2 Å². The summed E-state index contributed by atoms with van der Waals surface area (Å²) in [6.45, 7) is 1.05. The fourth-order valence-electron chi connectivity index (χ4n) is 4.16. The van der Waals surface area contributed by atoms with Gasteiger partial charge in [-0.1, -0.05) is 65.3 Å². The van der Waals surface area contributed by atoms with E-state index in [1.54, 1.807) is 36.4 Å². The third-order valence-electron chi connectivity index (χ3n) is 6.01. The van der Waals surface area contributed by atoms with Crippen molar-refractivity contribution >= 4 is 50.8 Å². The lowest BCUT2D eigenvalue weighted by Crippen LogP contribution is -2.27. The zero-order valence-corrected chi connectivity index (χ0v) is 22.7. The van der Waals surface area contributed by atoms with E-state index in [4.69, 9.17) is 23.2 Å². The molecule has 4 aromatic rings. The van der Waals surface area contributed by atoms with Gasteiger partial charge in [-0.05, 0) is 55.3 Å². The summed E-state index contributed by atoms with van der Waals surface area (Å²) < 4.78 is 29.7. The van der Waals surface area contributed by atoms with E-state index in [0.29, 0.717) is 45.2 Å². The summed E-state index contributed by atoms with van der Waals surface area (Å²) in [6, 6.07) is 21.0. The normalized spacial score (nSPS) is 14.2. The fraction of sp³-hybridized carbons (Fsp3) is 0.192. The first kappa shape index (κ1) is 25.9. The molecule has 0 saturated carbocycles. The largest absolute Gasteiger partial charge is 0.293 e. The Morgan fingerprint density at radius 2 is 1.68 bits per heavy atom. The molecule has 1 aliphatic heterocycles. The summed E-state index contributed by atoms with van der Waals surface area (Å²) in [5, 5.41) is 9.98. The minimum atomic E-state index is -3.60. The van der Waals surface area contributed by atoms with Crippen LogP contribution >= 0.6 is 35.0 Å². The molecule has 0 radical (unpaired) electrons. The third kappa shape index (κ3) is 5.46. The Bertz CT molecular complexity index is 1550. The number of aromatic nitrogens is 3. The number of benzene rings is 3. The van der Waals surface area contributed by atoms with Crippen LogP contribution in [-0.4, -0.2) is 52.1 Å². The second-order valence-corrected chi connectivity index (χ2v) is 12.2. The molecule has 0 spiro atoms. The van der Waals surface area contributed by atoms with E-state index in [1.165, 1.54) is 22.1 Å². The third-order valence-corrected chi connectivity index (χ3v) is 9.38.